The largest absolute Gasteiger partial charge is 0.459 e. The van der Waals surface area contributed by atoms with E-state index in [1.165, 1.54) is 30.2 Å². The summed E-state index contributed by atoms with van der Waals surface area (Å²) in [7, 11) is 0. The van der Waals surface area contributed by atoms with E-state index in [1.54, 1.807) is 60.7 Å². The van der Waals surface area contributed by atoms with Gasteiger partial charge in [-0.15, -0.1) is 11.8 Å². The molecule has 178 valence electrons. The zero-order valence-corrected chi connectivity index (χ0v) is 18.9. The number of furan rings is 1. The van der Waals surface area contributed by atoms with Crippen LogP contribution < -0.4 is 10.6 Å². The zero-order chi connectivity index (χ0) is 24.8. The van der Waals surface area contributed by atoms with Crippen molar-refractivity contribution in [1.82, 2.24) is 0 Å². The Labute approximate surface area is 203 Å². The van der Waals surface area contributed by atoms with Crippen molar-refractivity contribution in [3.8, 4) is 0 Å². The van der Waals surface area contributed by atoms with E-state index in [2.05, 4.69) is 10.6 Å². The van der Waals surface area contributed by atoms with Crippen molar-refractivity contribution in [1.29, 1.82) is 0 Å². The zero-order valence-electron chi connectivity index (χ0n) is 18.1. The first kappa shape index (κ1) is 24.2. The average molecular weight is 497 g/mol. The minimum Gasteiger partial charge on any atom is -0.459 e. The highest BCUT2D eigenvalue weighted by Gasteiger charge is 2.31. The molecule has 2 amide bonds. The Morgan fingerprint density at radius 1 is 0.800 bits per heavy atom. The maximum atomic E-state index is 13.1. The fourth-order valence-electron chi connectivity index (χ4n) is 3.24. The topological polar surface area (TPSA) is 71.3 Å². The molecule has 4 rings (SSSR count). The van der Waals surface area contributed by atoms with Gasteiger partial charge in [-0.1, -0.05) is 36.4 Å². The predicted octanol–water partition coefficient (Wildman–Crippen LogP) is 7.02. The molecular weight excluding hydrogens is 477 g/mol. The van der Waals surface area contributed by atoms with Crippen molar-refractivity contribution in [3.05, 3.63) is 114 Å². The Balaban J connectivity index is 1.51. The van der Waals surface area contributed by atoms with Gasteiger partial charge in [0.15, 0.2) is 5.76 Å². The second-order valence-corrected chi connectivity index (χ2v) is 8.61. The molecule has 0 spiro atoms. The van der Waals surface area contributed by atoms with Crippen LogP contribution in [-0.4, -0.2) is 11.8 Å². The summed E-state index contributed by atoms with van der Waals surface area (Å²) in [4.78, 5) is 26.0. The van der Waals surface area contributed by atoms with Crippen molar-refractivity contribution in [2.24, 2.45) is 0 Å². The van der Waals surface area contributed by atoms with Gasteiger partial charge in [0.25, 0.3) is 5.91 Å². The second kappa shape index (κ2) is 10.5. The molecule has 1 atom stereocenters. The van der Waals surface area contributed by atoms with Crippen LogP contribution in [0.25, 0.3) is 0 Å². The van der Waals surface area contributed by atoms with Crippen LogP contribution in [0.5, 0.6) is 0 Å². The van der Waals surface area contributed by atoms with E-state index >= 15 is 0 Å². The van der Waals surface area contributed by atoms with E-state index < -0.39 is 28.8 Å². The molecule has 35 heavy (non-hydrogen) atoms. The first-order valence-electron chi connectivity index (χ1n) is 10.4. The number of alkyl halides is 3. The molecule has 0 fully saturated rings. The third-order valence-corrected chi connectivity index (χ3v) is 6.18. The Morgan fingerprint density at radius 2 is 1.54 bits per heavy atom. The lowest BCUT2D eigenvalue weighted by molar-refractivity contribution is -0.137. The molecule has 1 unspecified atom stereocenters. The van der Waals surface area contributed by atoms with Crippen molar-refractivity contribution in [2.75, 3.05) is 10.6 Å². The molecular formula is C26H19F3N2O3S. The van der Waals surface area contributed by atoms with Crippen LogP contribution in [0.4, 0.5) is 24.5 Å². The normalized spacial score (nSPS) is 12.1. The number of carbonyl (C=O) groups is 2. The quantitative estimate of drug-likeness (QED) is 0.270. The highest BCUT2D eigenvalue weighted by atomic mass is 32.2. The summed E-state index contributed by atoms with van der Waals surface area (Å²) in [6.07, 6.45) is -3.11. The molecule has 0 saturated heterocycles. The molecule has 0 radical (unpaired) electrons. The highest BCUT2D eigenvalue weighted by molar-refractivity contribution is 8.00. The van der Waals surface area contributed by atoms with Crippen LogP contribution >= 0.6 is 11.8 Å². The highest BCUT2D eigenvalue weighted by Crippen LogP contribution is 2.37. The molecule has 5 nitrogen and oxygen atoms in total. The molecule has 0 bridgehead atoms. The third kappa shape index (κ3) is 6.33. The maximum Gasteiger partial charge on any atom is 0.416 e. The Bertz CT molecular complexity index is 1290. The summed E-state index contributed by atoms with van der Waals surface area (Å²) in [5.74, 6) is -0.674. The van der Waals surface area contributed by atoms with E-state index in [-0.39, 0.29) is 11.4 Å². The summed E-state index contributed by atoms with van der Waals surface area (Å²) in [5.41, 5.74) is 0.450. The van der Waals surface area contributed by atoms with Gasteiger partial charge >= 0.3 is 6.18 Å². The van der Waals surface area contributed by atoms with Gasteiger partial charge in [-0.05, 0) is 60.2 Å². The average Bonchev–Trinajstić information content (AvgIpc) is 3.39. The lowest BCUT2D eigenvalue weighted by Gasteiger charge is -2.18. The number of halogens is 3. The number of amides is 2. The van der Waals surface area contributed by atoms with Crippen LogP contribution in [-0.2, 0) is 11.0 Å². The summed E-state index contributed by atoms with van der Waals surface area (Å²) in [6.45, 7) is 0. The lowest BCUT2D eigenvalue weighted by atomic mass is 10.1. The van der Waals surface area contributed by atoms with Crippen molar-refractivity contribution >= 4 is 35.0 Å². The third-order valence-electron chi connectivity index (χ3n) is 4.91. The molecule has 0 aliphatic heterocycles. The molecule has 4 aromatic rings. The lowest BCUT2D eigenvalue weighted by Crippen LogP contribution is -2.19. The fourth-order valence-corrected chi connectivity index (χ4v) is 4.26. The molecule has 3 aromatic carbocycles. The van der Waals surface area contributed by atoms with Gasteiger partial charge < -0.3 is 15.1 Å². The van der Waals surface area contributed by atoms with E-state index in [4.69, 9.17) is 4.42 Å². The number of anilines is 2. The van der Waals surface area contributed by atoms with Crippen molar-refractivity contribution < 1.29 is 27.2 Å². The number of thioether (sulfide) groups is 1. The summed E-state index contributed by atoms with van der Waals surface area (Å²) >= 11 is 1.24. The van der Waals surface area contributed by atoms with E-state index in [1.807, 2.05) is 6.07 Å². The summed E-state index contributed by atoms with van der Waals surface area (Å²) in [5, 5.41) is 4.59. The van der Waals surface area contributed by atoms with E-state index in [9.17, 15) is 22.8 Å². The Kier molecular flexibility index (Phi) is 7.26. The number of hydrogen-bond acceptors (Lipinski definition) is 4. The Hall–Kier alpha value is -3.98. The van der Waals surface area contributed by atoms with Crippen molar-refractivity contribution in [3.63, 3.8) is 0 Å². The van der Waals surface area contributed by atoms with Gasteiger partial charge in [-0.3, -0.25) is 9.59 Å². The van der Waals surface area contributed by atoms with Crippen LogP contribution in [0.3, 0.4) is 0 Å². The van der Waals surface area contributed by atoms with Gasteiger partial charge in [0.1, 0.15) is 5.25 Å². The predicted molar refractivity (Wildman–Crippen MR) is 128 cm³/mol. The van der Waals surface area contributed by atoms with Crippen LogP contribution in [0.1, 0.15) is 26.9 Å². The molecule has 1 heterocycles. The molecule has 0 aliphatic carbocycles. The van der Waals surface area contributed by atoms with Crippen LogP contribution in [0, 0.1) is 0 Å². The standard InChI is InChI=1S/C26H19F3N2O3S/c27-26(28,29)18-8-4-9-20(16-18)31-25(33)23(17-6-2-1-3-7-17)35-21-13-11-19(12-14-21)30-24(32)22-10-5-15-34-22/h1-16,23H,(H,30,32)(H,31,33). The van der Waals surface area contributed by atoms with Crippen molar-refractivity contribution in [2.45, 2.75) is 16.3 Å². The van der Waals surface area contributed by atoms with E-state index in [0.717, 1.165) is 17.0 Å². The number of benzene rings is 3. The molecule has 2 N–H and O–H groups in total. The van der Waals surface area contributed by atoms with Gasteiger partial charge in [-0.2, -0.15) is 13.2 Å². The maximum absolute atomic E-state index is 13.1. The molecule has 1 aromatic heterocycles. The van der Waals surface area contributed by atoms with Gasteiger partial charge in [0.2, 0.25) is 5.91 Å². The van der Waals surface area contributed by atoms with Crippen LogP contribution in [0.2, 0.25) is 0 Å². The monoisotopic (exact) mass is 496 g/mol. The number of rotatable bonds is 7. The van der Waals surface area contributed by atoms with Gasteiger partial charge in [-0.25, -0.2) is 0 Å². The summed E-state index contributed by atoms with van der Waals surface area (Å²) < 4.78 is 44.3. The summed E-state index contributed by atoms with van der Waals surface area (Å²) in [6, 6.07) is 23.5. The molecule has 0 saturated carbocycles. The molecule has 9 heteroatoms. The second-order valence-electron chi connectivity index (χ2n) is 7.43. The SMILES string of the molecule is O=C(Nc1ccc(SC(C(=O)Nc2cccc(C(F)(F)F)c2)c2ccccc2)cc1)c1ccco1. The Morgan fingerprint density at radius 3 is 2.20 bits per heavy atom. The number of hydrogen-bond donors (Lipinski definition) is 2. The first-order chi connectivity index (χ1) is 16.8. The number of carbonyl (C=O) groups excluding carboxylic acids is 2. The minimum absolute atomic E-state index is 0.0577. The van der Waals surface area contributed by atoms with Gasteiger partial charge in [0.05, 0.1) is 11.8 Å². The molecule has 0 aliphatic rings. The minimum atomic E-state index is -4.51. The van der Waals surface area contributed by atoms with E-state index in [0.29, 0.717) is 11.3 Å². The van der Waals surface area contributed by atoms with Gasteiger partial charge in [0, 0.05) is 16.3 Å². The fraction of sp³-hybridized carbons (Fsp3) is 0.0769. The number of nitrogens with one attached hydrogen (secondary N) is 2. The van der Waals surface area contributed by atoms with Crippen LogP contribution in [0.15, 0.2) is 107 Å². The smallest absolute Gasteiger partial charge is 0.416 e. The first-order valence-corrected chi connectivity index (χ1v) is 11.3.